The molecular weight excluding hydrogens is 549 g/mol. The third-order valence-corrected chi connectivity index (χ3v) is 7.72. The van der Waals surface area contributed by atoms with Crippen LogP contribution in [0.2, 0.25) is 0 Å². The number of hydrogen-bond acceptors (Lipinski definition) is 6. The molecule has 3 aromatic carbocycles. The van der Waals surface area contributed by atoms with Gasteiger partial charge in [-0.15, -0.1) is 5.10 Å². The first kappa shape index (κ1) is 27.3. The van der Waals surface area contributed by atoms with E-state index < -0.39 is 0 Å². The van der Waals surface area contributed by atoms with E-state index in [1.165, 1.54) is 28.0 Å². The Kier molecular flexibility index (Phi) is 7.74. The van der Waals surface area contributed by atoms with Gasteiger partial charge in [0, 0.05) is 17.3 Å². The van der Waals surface area contributed by atoms with E-state index in [9.17, 15) is 9.18 Å². The van der Waals surface area contributed by atoms with Gasteiger partial charge in [0.15, 0.2) is 5.82 Å². The van der Waals surface area contributed by atoms with Gasteiger partial charge in [-0.05, 0) is 79.1 Å². The van der Waals surface area contributed by atoms with Crippen molar-refractivity contribution in [3.05, 3.63) is 122 Å². The molecule has 0 atom stereocenters. The molecule has 0 amide bonds. The zero-order chi connectivity index (χ0) is 29.1. The van der Waals surface area contributed by atoms with Gasteiger partial charge in [-0.25, -0.2) is 9.07 Å². The van der Waals surface area contributed by atoms with Crippen molar-refractivity contribution in [2.24, 2.45) is 0 Å². The average molecular weight is 578 g/mol. The maximum absolute atomic E-state index is 13.3. The van der Waals surface area contributed by atoms with E-state index in [4.69, 9.17) is 9.84 Å². The van der Waals surface area contributed by atoms with Gasteiger partial charge in [0.05, 0.1) is 16.8 Å². The van der Waals surface area contributed by atoms with Crippen LogP contribution in [0, 0.1) is 12.7 Å². The first-order valence-corrected chi connectivity index (χ1v) is 14.5. The molecule has 0 aliphatic carbocycles. The smallest absolute Gasteiger partial charge is 0.291 e. The Morgan fingerprint density at radius 1 is 1.00 bits per heavy atom. The molecule has 0 aliphatic heterocycles. The van der Waals surface area contributed by atoms with Crippen LogP contribution in [0.5, 0.6) is 5.75 Å². The fourth-order valence-corrected chi connectivity index (χ4v) is 5.45. The molecule has 0 radical (unpaired) electrons. The molecule has 7 nitrogen and oxygen atoms in total. The van der Waals surface area contributed by atoms with Gasteiger partial charge >= 0.3 is 0 Å². The highest BCUT2D eigenvalue weighted by atomic mass is 32.1. The third-order valence-electron chi connectivity index (χ3n) is 6.76. The van der Waals surface area contributed by atoms with Gasteiger partial charge in [-0.3, -0.25) is 4.79 Å². The number of hydrogen-bond donors (Lipinski definition) is 0. The number of halogens is 1. The summed E-state index contributed by atoms with van der Waals surface area (Å²) in [7, 11) is 0. The maximum Gasteiger partial charge on any atom is 0.291 e. The summed E-state index contributed by atoms with van der Waals surface area (Å²) >= 11 is 1.27. The highest BCUT2D eigenvalue weighted by Gasteiger charge is 2.16. The van der Waals surface area contributed by atoms with Gasteiger partial charge in [-0.2, -0.15) is 14.6 Å². The largest absolute Gasteiger partial charge is 0.494 e. The van der Waals surface area contributed by atoms with Gasteiger partial charge in [-0.1, -0.05) is 61.1 Å². The van der Waals surface area contributed by atoms with Crippen molar-refractivity contribution in [1.82, 2.24) is 24.4 Å². The van der Waals surface area contributed by atoms with E-state index in [1.807, 2.05) is 72.4 Å². The molecular formula is C33H28FN5O2S. The molecule has 9 heteroatoms. The summed E-state index contributed by atoms with van der Waals surface area (Å²) in [5, 5.41) is 9.32. The van der Waals surface area contributed by atoms with Crippen LogP contribution < -0.4 is 14.8 Å². The van der Waals surface area contributed by atoms with Crippen LogP contribution in [0.4, 0.5) is 4.39 Å². The molecule has 210 valence electrons. The van der Waals surface area contributed by atoms with Crippen molar-refractivity contribution in [2.75, 3.05) is 6.61 Å². The predicted octanol–water partition coefficient (Wildman–Crippen LogP) is 6.35. The maximum atomic E-state index is 13.3. The molecule has 0 N–H and O–H groups in total. The number of aryl methyl sites for hydroxylation is 1. The minimum Gasteiger partial charge on any atom is -0.494 e. The number of thiazole rings is 1. The molecule has 3 aromatic heterocycles. The third kappa shape index (κ3) is 5.77. The van der Waals surface area contributed by atoms with Crippen LogP contribution in [0.25, 0.3) is 40.1 Å². The highest BCUT2D eigenvalue weighted by Crippen LogP contribution is 2.30. The Hall–Kier alpha value is -4.89. The molecule has 0 saturated heterocycles. The lowest BCUT2D eigenvalue weighted by atomic mass is 10.0. The lowest BCUT2D eigenvalue weighted by Gasteiger charge is -2.09. The van der Waals surface area contributed by atoms with Gasteiger partial charge in [0.25, 0.3) is 5.56 Å². The average Bonchev–Trinajstić information content (AvgIpc) is 3.68. The molecule has 0 aliphatic rings. The first-order valence-electron chi connectivity index (χ1n) is 13.7. The second kappa shape index (κ2) is 11.9. The Morgan fingerprint density at radius 3 is 2.55 bits per heavy atom. The van der Waals surface area contributed by atoms with Gasteiger partial charge < -0.3 is 4.74 Å². The fraction of sp³-hybridized carbons (Fsp3) is 0.152. The number of ether oxygens (including phenoxy) is 1. The molecule has 6 aromatic rings. The summed E-state index contributed by atoms with van der Waals surface area (Å²) in [6.45, 7) is 4.86. The Morgan fingerprint density at radius 2 is 1.81 bits per heavy atom. The van der Waals surface area contributed by atoms with Crippen molar-refractivity contribution in [3.8, 4) is 22.7 Å². The quantitative estimate of drug-likeness (QED) is 0.187. The Bertz CT molecular complexity index is 1990. The van der Waals surface area contributed by atoms with Crippen LogP contribution in [0.3, 0.4) is 0 Å². The second-order valence-corrected chi connectivity index (χ2v) is 10.9. The van der Waals surface area contributed by atoms with E-state index in [2.05, 4.69) is 17.0 Å². The number of fused-ring (bicyclic) bond motifs is 1. The van der Waals surface area contributed by atoms with E-state index in [0.717, 1.165) is 52.2 Å². The van der Waals surface area contributed by atoms with Gasteiger partial charge in [0.1, 0.15) is 17.3 Å². The van der Waals surface area contributed by atoms with Crippen molar-refractivity contribution in [3.63, 3.8) is 0 Å². The lowest BCUT2D eigenvalue weighted by molar-refractivity contribution is 0.309. The molecule has 0 bridgehead atoms. The van der Waals surface area contributed by atoms with E-state index >= 15 is 0 Å². The number of benzene rings is 3. The van der Waals surface area contributed by atoms with Crippen molar-refractivity contribution < 1.29 is 9.13 Å². The normalized spacial score (nSPS) is 12.1. The van der Waals surface area contributed by atoms with E-state index in [-0.39, 0.29) is 11.4 Å². The van der Waals surface area contributed by atoms with Crippen molar-refractivity contribution in [1.29, 1.82) is 0 Å². The number of nitrogens with zero attached hydrogens (tertiary/aromatic N) is 5. The summed E-state index contributed by atoms with van der Waals surface area (Å²) in [6.07, 6.45) is 9.35. The first-order chi connectivity index (χ1) is 20.5. The minimum atomic E-state index is -0.298. The highest BCUT2D eigenvalue weighted by molar-refractivity contribution is 7.15. The van der Waals surface area contributed by atoms with Crippen LogP contribution >= 0.6 is 11.3 Å². The van der Waals surface area contributed by atoms with Crippen molar-refractivity contribution >= 4 is 34.5 Å². The number of unbranched alkanes of at least 4 members (excludes halogenated alkanes) is 1. The standard InChI is InChI=1S/C33H28FN5O2S/c1-3-4-18-41-27-15-16-28(22(2)19-27)31-24(21-38(37-31)26-8-6-5-7-9-26)20-29-32(40)39-33(42-29)35-30(36-39)17-12-23-10-13-25(34)14-11-23/h5-17,19-21H,3-4,18H2,1-2H3/b17-12+,29-20-. The fourth-order valence-electron chi connectivity index (χ4n) is 4.55. The second-order valence-electron chi connectivity index (χ2n) is 9.86. The minimum absolute atomic E-state index is 0.251. The summed E-state index contributed by atoms with van der Waals surface area (Å²) in [5.74, 6) is 0.937. The van der Waals surface area contributed by atoms with Crippen LogP contribution in [0.1, 0.15) is 42.3 Å². The van der Waals surface area contributed by atoms with Crippen LogP contribution in [0.15, 0.2) is 83.8 Å². The summed E-state index contributed by atoms with van der Waals surface area (Å²) < 4.78 is 22.7. The molecule has 0 saturated carbocycles. The molecule has 6 rings (SSSR count). The zero-order valence-electron chi connectivity index (χ0n) is 23.2. The molecule has 0 fully saturated rings. The summed E-state index contributed by atoms with van der Waals surface area (Å²) in [5.41, 5.74) is 5.03. The Balaban J connectivity index is 1.38. The SMILES string of the molecule is CCCCOc1ccc(-c2nn(-c3ccccc3)cc2/C=c2\sc3nc(/C=C/c4ccc(F)cc4)nn3c2=O)c(C)c1. The van der Waals surface area contributed by atoms with Gasteiger partial charge in [0.2, 0.25) is 4.96 Å². The number of rotatable bonds is 9. The predicted molar refractivity (Wildman–Crippen MR) is 165 cm³/mol. The monoisotopic (exact) mass is 577 g/mol. The Labute approximate surface area is 245 Å². The lowest BCUT2D eigenvalue weighted by Crippen LogP contribution is -2.23. The zero-order valence-corrected chi connectivity index (χ0v) is 24.0. The topological polar surface area (TPSA) is 74.3 Å². The molecule has 0 spiro atoms. The molecule has 0 unspecified atom stereocenters. The molecule has 3 heterocycles. The number of aromatic nitrogens is 5. The van der Waals surface area contributed by atoms with E-state index in [0.29, 0.717) is 21.9 Å². The molecule has 42 heavy (non-hydrogen) atoms. The van der Waals surface area contributed by atoms with E-state index in [1.54, 1.807) is 24.3 Å². The van der Waals surface area contributed by atoms with Crippen LogP contribution in [-0.2, 0) is 0 Å². The van der Waals surface area contributed by atoms with Crippen LogP contribution in [-0.4, -0.2) is 31.0 Å². The number of para-hydroxylation sites is 1. The van der Waals surface area contributed by atoms with Crippen molar-refractivity contribution in [2.45, 2.75) is 26.7 Å². The summed E-state index contributed by atoms with van der Waals surface area (Å²) in [6, 6.07) is 22.0. The summed E-state index contributed by atoms with van der Waals surface area (Å²) in [4.78, 5) is 18.4.